The molecule has 1 N–H and O–H groups in total. The van der Waals surface area contributed by atoms with E-state index in [0.29, 0.717) is 18.0 Å². The highest BCUT2D eigenvalue weighted by molar-refractivity contribution is 5.94. The van der Waals surface area contributed by atoms with Gasteiger partial charge in [0, 0.05) is 17.7 Å². The second-order valence-corrected chi connectivity index (χ2v) is 6.24. The van der Waals surface area contributed by atoms with Gasteiger partial charge < -0.3 is 9.73 Å². The molecule has 0 saturated carbocycles. The second kappa shape index (κ2) is 6.84. The lowest BCUT2D eigenvalue weighted by molar-refractivity contribution is 0.0951. The van der Waals surface area contributed by atoms with Gasteiger partial charge in [-0.3, -0.25) is 4.79 Å². The predicted molar refractivity (Wildman–Crippen MR) is 102 cm³/mol. The Morgan fingerprint density at radius 1 is 1.00 bits per heavy atom. The van der Waals surface area contributed by atoms with Crippen LogP contribution in [0.5, 0.6) is 0 Å². The number of nitrogens with zero attached hydrogens (tertiary/aromatic N) is 1. The van der Waals surface area contributed by atoms with E-state index in [0.717, 1.165) is 27.8 Å². The summed E-state index contributed by atoms with van der Waals surface area (Å²) in [6, 6.07) is 23.0. The molecule has 0 aliphatic rings. The van der Waals surface area contributed by atoms with E-state index in [2.05, 4.69) is 10.3 Å². The van der Waals surface area contributed by atoms with Gasteiger partial charge in [0.15, 0.2) is 5.58 Å². The Morgan fingerprint density at radius 3 is 2.54 bits per heavy atom. The first-order chi connectivity index (χ1) is 12.7. The lowest BCUT2D eigenvalue weighted by atomic mass is 10.1. The Kier molecular flexibility index (Phi) is 4.23. The molecule has 0 fully saturated rings. The van der Waals surface area contributed by atoms with Crippen LogP contribution >= 0.6 is 0 Å². The maximum absolute atomic E-state index is 12.1. The highest BCUT2D eigenvalue weighted by Crippen LogP contribution is 2.25. The monoisotopic (exact) mass is 342 g/mol. The van der Waals surface area contributed by atoms with E-state index < -0.39 is 0 Å². The molecule has 1 amide bonds. The van der Waals surface area contributed by atoms with Crippen molar-refractivity contribution in [2.24, 2.45) is 0 Å². The van der Waals surface area contributed by atoms with Gasteiger partial charge in [0.2, 0.25) is 5.89 Å². The molecule has 0 bridgehead atoms. The van der Waals surface area contributed by atoms with E-state index >= 15 is 0 Å². The second-order valence-electron chi connectivity index (χ2n) is 6.24. The first kappa shape index (κ1) is 16.1. The van der Waals surface area contributed by atoms with Crippen molar-refractivity contribution in [2.75, 3.05) is 0 Å². The van der Waals surface area contributed by atoms with Gasteiger partial charge in [-0.15, -0.1) is 0 Å². The predicted octanol–water partition coefficient (Wildman–Crippen LogP) is 4.73. The molecule has 1 aromatic heterocycles. The molecule has 0 radical (unpaired) electrons. The Balaban J connectivity index is 1.47. The SMILES string of the molecule is Cc1ccc2nc(-c3ccc(CNC(=O)c4ccccc4)cc3)oc2c1. The summed E-state index contributed by atoms with van der Waals surface area (Å²) in [7, 11) is 0. The van der Waals surface area contributed by atoms with Crippen molar-refractivity contribution in [1.29, 1.82) is 0 Å². The molecular weight excluding hydrogens is 324 g/mol. The quantitative estimate of drug-likeness (QED) is 0.583. The number of carbonyl (C=O) groups is 1. The Hall–Kier alpha value is -3.40. The van der Waals surface area contributed by atoms with Crippen molar-refractivity contribution in [3.63, 3.8) is 0 Å². The summed E-state index contributed by atoms with van der Waals surface area (Å²) in [6.45, 7) is 2.50. The number of fused-ring (bicyclic) bond motifs is 1. The molecule has 0 unspecified atom stereocenters. The van der Waals surface area contributed by atoms with Crippen LogP contribution in [-0.4, -0.2) is 10.9 Å². The molecule has 4 aromatic rings. The summed E-state index contributed by atoms with van der Waals surface area (Å²) in [5.74, 6) is 0.523. The minimum atomic E-state index is -0.0796. The van der Waals surface area contributed by atoms with Crippen molar-refractivity contribution in [2.45, 2.75) is 13.5 Å². The fourth-order valence-electron chi connectivity index (χ4n) is 2.79. The number of aromatic nitrogens is 1. The normalized spacial score (nSPS) is 10.8. The third-order valence-corrected chi connectivity index (χ3v) is 4.23. The third-order valence-electron chi connectivity index (χ3n) is 4.23. The van der Waals surface area contributed by atoms with Crippen molar-refractivity contribution in [1.82, 2.24) is 10.3 Å². The molecular formula is C22H18N2O2. The van der Waals surface area contributed by atoms with Gasteiger partial charge in [0.25, 0.3) is 5.91 Å². The Bertz CT molecular complexity index is 1050. The highest BCUT2D eigenvalue weighted by Gasteiger charge is 2.09. The van der Waals surface area contributed by atoms with Gasteiger partial charge in [-0.2, -0.15) is 0 Å². The van der Waals surface area contributed by atoms with E-state index in [4.69, 9.17) is 4.42 Å². The molecule has 4 nitrogen and oxygen atoms in total. The fraction of sp³-hybridized carbons (Fsp3) is 0.0909. The van der Waals surface area contributed by atoms with Crippen LogP contribution < -0.4 is 5.32 Å². The molecule has 0 aliphatic heterocycles. The lowest BCUT2D eigenvalue weighted by Gasteiger charge is -2.06. The molecule has 0 aliphatic carbocycles. The summed E-state index contributed by atoms with van der Waals surface area (Å²) >= 11 is 0. The molecule has 128 valence electrons. The average molecular weight is 342 g/mol. The summed E-state index contributed by atoms with van der Waals surface area (Å²) in [4.78, 5) is 16.6. The standard InChI is InChI=1S/C22H18N2O2/c1-15-7-12-19-20(13-15)26-22(24-19)18-10-8-16(9-11-18)14-23-21(25)17-5-3-2-4-6-17/h2-13H,14H2,1H3,(H,23,25). The van der Waals surface area contributed by atoms with E-state index in [1.165, 1.54) is 0 Å². The number of aryl methyl sites for hydroxylation is 1. The van der Waals surface area contributed by atoms with E-state index in [1.807, 2.05) is 67.6 Å². The van der Waals surface area contributed by atoms with Crippen molar-refractivity contribution < 1.29 is 9.21 Å². The zero-order chi connectivity index (χ0) is 17.9. The minimum Gasteiger partial charge on any atom is -0.436 e. The number of hydrogen-bond donors (Lipinski definition) is 1. The molecule has 0 atom stereocenters. The Morgan fingerprint density at radius 2 is 1.77 bits per heavy atom. The molecule has 4 heteroatoms. The minimum absolute atomic E-state index is 0.0796. The smallest absolute Gasteiger partial charge is 0.251 e. The molecule has 1 heterocycles. The van der Waals surface area contributed by atoms with E-state index in [-0.39, 0.29) is 5.91 Å². The number of nitrogens with one attached hydrogen (secondary N) is 1. The first-order valence-corrected chi connectivity index (χ1v) is 8.49. The van der Waals surface area contributed by atoms with Gasteiger partial charge >= 0.3 is 0 Å². The largest absolute Gasteiger partial charge is 0.436 e. The maximum Gasteiger partial charge on any atom is 0.251 e. The summed E-state index contributed by atoms with van der Waals surface area (Å²) in [6.07, 6.45) is 0. The van der Waals surface area contributed by atoms with Gasteiger partial charge in [-0.05, 0) is 54.4 Å². The summed E-state index contributed by atoms with van der Waals surface area (Å²) in [5.41, 5.74) is 5.38. The van der Waals surface area contributed by atoms with E-state index in [9.17, 15) is 4.79 Å². The van der Waals surface area contributed by atoms with Crippen molar-refractivity contribution in [3.8, 4) is 11.5 Å². The number of amides is 1. The summed E-state index contributed by atoms with van der Waals surface area (Å²) < 4.78 is 5.85. The van der Waals surface area contributed by atoms with Crippen molar-refractivity contribution in [3.05, 3.63) is 89.5 Å². The van der Waals surface area contributed by atoms with Gasteiger partial charge in [0.1, 0.15) is 5.52 Å². The van der Waals surface area contributed by atoms with Gasteiger partial charge in [0.05, 0.1) is 0 Å². The third kappa shape index (κ3) is 3.35. The van der Waals surface area contributed by atoms with Crippen LogP contribution in [0.4, 0.5) is 0 Å². The fourth-order valence-corrected chi connectivity index (χ4v) is 2.79. The number of oxazole rings is 1. The molecule has 3 aromatic carbocycles. The average Bonchev–Trinajstić information content (AvgIpc) is 3.10. The van der Waals surface area contributed by atoms with Crippen LogP contribution in [-0.2, 0) is 6.54 Å². The van der Waals surface area contributed by atoms with Crippen LogP contribution in [0.1, 0.15) is 21.5 Å². The number of carbonyl (C=O) groups excluding carboxylic acids is 1. The van der Waals surface area contributed by atoms with Gasteiger partial charge in [-0.1, -0.05) is 36.4 Å². The molecule has 4 rings (SSSR count). The topological polar surface area (TPSA) is 55.1 Å². The lowest BCUT2D eigenvalue weighted by Crippen LogP contribution is -2.22. The molecule has 26 heavy (non-hydrogen) atoms. The van der Waals surface area contributed by atoms with Crippen LogP contribution in [0, 0.1) is 6.92 Å². The number of rotatable bonds is 4. The van der Waals surface area contributed by atoms with Crippen LogP contribution in [0.2, 0.25) is 0 Å². The molecule has 0 spiro atoms. The zero-order valence-corrected chi connectivity index (χ0v) is 14.4. The number of hydrogen-bond acceptors (Lipinski definition) is 3. The van der Waals surface area contributed by atoms with E-state index in [1.54, 1.807) is 12.1 Å². The summed E-state index contributed by atoms with van der Waals surface area (Å²) in [5, 5.41) is 2.92. The Labute approximate surface area is 151 Å². The van der Waals surface area contributed by atoms with Crippen LogP contribution in [0.15, 0.2) is 77.2 Å². The molecule has 0 saturated heterocycles. The maximum atomic E-state index is 12.1. The first-order valence-electron chi connectivity index (χ1n) is 8.49. The van der Waals surface area contributed by atoms with Crippen molar-refractivity contribution >= 4 is 17.0 Å². The van der Waals surface area contributed by atoms with Crippen LogP contribution in [0.3, 0.4) is 0 Å². The zero-order valence-electron chi connectivity index (χ0n) is 14.4. The van der Waals surface area contributed by atoms with Gasteiger partial charge in [-0.25, -0.2) is 4.98 Å². The highest BCUT2D eigenvalue weighted by atomic mass is 16.3. The number of benzene rings is 3. The van der Waals surface area contributed by atoms with Crippen LogP contribution in [0.25, 0.3) is 22.6 Å².